The Kier molecular flexibility index (Phi) is 4.24. The summed E-state index contributed by atoms with van der Waals surface area (Å²) in [4.78, 5) is 0. The van der Waals surface area contributed by atoms with Crippen LogP contribution in [0.3, 0.4) is 0 Å². The van der Waals surface area contributed by atoms with E-state index < -0.39 is 0 Å². The van der Waals surface area contributed by atoms with Crippen molar-refractivity contribution in [3.05, 3.63) is 127 Å². The first kappa shape index (κ1) is 21.1. The number of thiophene rings is 1. The highest BCUT2D eigenvalue weighted by atomic mass is 32.1. The van der Waals surface area contributed by atoms with E-state index in [0.717, 1.165) is 16.6 Å². The van der Waals surface area contributed by atoms with Crippen LogP contribution in [0.2, 0.25) is 0 Å². The predicted octanol–water partition coefficient (Wildman–Crippen LogP) is 10.7. The molecule has 3 heterocycles. The number of rotatable bonds is 2. The van der Waals surface area contributed by atoms with Gasteiger partial charge in [-0.25, -0.2) is 0 Å². The van der Waals surface area contributed by atoms with E-state index in [1.807, 2.05) is 23.5 Å². The molecule has 0 aliphatic heterocycles. The van der Waals surface area contributed by atoms with Gasteiger partial charge in [-0.1, -0.05) is 78.9 Å². The summed E-state index contributed by atoms with van der Waals surface area (Å²) in [5, 5.41) is 7.48. The van der Waals surface area contributed by atoms with Crippen molar-refractivity contribution in [1.82, 2.24) is 4.57 Å². The molecule has 6 aromatic carbocycles. The second kappa shape index (κ2) is 7.83. The molecule has 0 N–H and O–H groups in total. The van der Waals surface area contributed by atoms with Crippen molar-refractivity contribution < 1.29 is 4.42 Å². The van der Waals surface area contributed by atoms with Crippen molar-refractivity contribution in [2.75, 3.05) is 0 Å². The summed E-state index contributed by atoms with van der Waals surface area (Å²) in [5.41, 5.74) is 7.95. The zero-order chi connectivity index (χ0) is 25.5. The molecule has 0 fully saturated rings. The summed E-state index contributed by atoms with van der Waals surface area (Å²) in [6.07, 6.45) is 0. The Morgan fingerprint density at radius 2 is 1.18 bits per heavy atom. The van der Waals surface area contributed by atoms with E-state index in [2.05, 4.69) is 120 Å². The van der Waals surface area contributed by atoms with E-state index in [1.165, 1.54) is 64.2 Å². The molecule has 0 bridgehead atoms. The molecule has 0 saturated carbocycles. The van der Waals surface area contributed by atoms with Crippen molar-refractivity contribution in [2.45, 2.75) is 0 Å². The van der Waals surface area contributed by atoms with Gasteiger partial charge in [-0.3, -0.25) is 0 Å². The van der Waals surface area contributed by atoms with Crippen molar-refractivity contribution >= 4 is 75.3 Å². The molecule has 0 unspecified atom stereocenters. The minimum atomic E-state index is 0.926. The number of fused-ring (bicyclic) bond motifs is 9. The summed E-state index contributed by atoms with van der Waals surface area (Å²) >= 11 is 1.86. The Hall–Kier alpha value is -4.86. The fourth-order valence-corrected chi connectivity index (χ4v) is 7.47. The minimum absolute atomic E-state index is 0.926. The lowest BCUT2D eigenvalue weighted by Gasteiger charge is -2.11. The molecule has 9 aromatic rings. The van der Waals surface area contributed by atoms with Gasteiger partial charge in [0.1, 0.15) is 11.2 Å². The third-order valence-corrected chi connectivity index (χ3v) is 9.14. The molecule has 0 aliphatic carbocycles. The topological polar surface area (TPSA) is 18.1 Å². The maximum Gasteiger partial charge on any atom is 0.136 e. The summed E-state index contributed by atoms with van der Waals surface area (Å²) in [6, 6.07) is 45.8. The van der Waals surface area contributed by atoms with E-state index >= 15 is 0 Å². The molecule has 0 atom stereocenters. The maximum atomic E-state index is 6.21. The van der Waals surface area contributed by atoms with Crippen LogP contribution in [0.1, 0.15) is 0 Å². The molecule has 3 heteroatoms. The van der Waals surface area contributed by atoms with Crippen LogP contribution in [-0.2, 0) is 0 Å². The zero-order valence-corrected chi connectivity index (χ0v) is 21.7. The first-order valence-electron chi connectivity index (χ1n) is 13.2. The van der Waals surface area contributed by atoms with Crippen LogP contribution in [0.15, 0.2) is 132 Å². The third kappa shape index (κ3) is 2.91. The highest BCUT2D eigenvalue weighted by Gasteiger charge is 2.18. The Labute approximate surface area is 227 Å². The standard InChI is InChI=1S/C36H21NOS/c1-4-13-28-24(9-1)25-10-2-5-14-29(25)37(28)30-15-8-18-34-36(30)27-21-22(19-20-33(27)39-34)23-12-7-17-32-35(23)26-11-3-6-16-31(26)38-32/h1-21H. The molecule has 182 valence electrons. The van der Waals surface area contributed by atoms with Crippen LogP contribution < -0.4 is 0 Å². The van der Waals surface area contributed by atoms with Gasteiger partial charge in [0.2, 0.25) is 0 Å². The quantitative estimate of drug-likeness (QED) is 0.224. The van der Waals surface area contributed by atoms with E-state index in [0.29, 0.717) is 0 Å². The molecular formula is C36H21NOS. The molecule has 3 aromatic heterocycles. The van der Waals surface area contributed by atoms with Crippen molar-refractivity contribution in [3.63, 3.8) is 0 Å². The molecule has 0 spiro atoms. The molecule has 0 radical (unpaired) electrons. The number of furan rings is 1. The van der Waals surface area contributed by atoms with Crippen LogP contribution in [0.5, 0.6) is 0 Å². The van der Waals surface area contributed by atoms with Gasteiger partial charge in [-0.2, -0.15) is 0 Å². The molecule has 39 heavy (non-hydrogen) atoms. The third-order valence-electron chi connectivity index (χ3n) is 8.01. The molecule has 0 aliphatic rings. The van der Waals surface area contributed by atoms with Gasteiger partial charge in [0.15, 0.2) is 0 Å². The fraction of sp³-hybridized carbons (Fsp3) is 0. The average molecular weight is 516 g/mol. The lowest BCUT2D eigenvalue weighted by Crippen LogP contribution is -1.94. The molecule has 2 nitrogen and oxygen atoms in total. The van der Waals surface area contributed by atoms with Crippen molar-refractivity contribution in [1.29, 1.82) is 0 Å². The lowest BCUT2D eigenvalue weighted by atomic mass is 9.97. The Morgan fingerprint density at radius 3 is 2.00 bits per heavy atom. The molecule has 9 rings (SSSR count). The van der Waals surface area contributed by atoms with Gasteiger partial charge in [0, 0.05) is 41.7 Å². The van der Waals surface area contributed by atoms with Crippen LogP contribution in [0.4, 0.5) is 0 Å². The van der Waals surface area contributed by atoms with Gasteiger partial charge in [-0.15, -0.1) is 11.3 Å². The molecule has 0 amide bonds. The number of para-hydroxylation sites is 3. The SMILES string of the molecule is c1ccc2c(c1)oc1cccc(-c3ccc4sc5cccc(-n6c7ccccc7c7ccccc76)c5c4c3)c12. The average Bonchev–Trinajstić information content (AvgIpc) is 3.66. The van der Waals surface area contributed by atoms with E-state index in [1.54, 1.807) is 0 Å². The monoisotopic (exact) mass is 515 g/mol. The first-order chi connectivity index (χ1) is 19.3. The number of nitrogens with zero attached hydrogens (tertiary/aromatic N) is 1. The Bertz CT molecular complexity index is 2350. The van der Waals surface area contributed by atoms with Gasteiger partial charge in [0.25, 0.3) is 0 Å². The first-order valence-corrected chi connectivity index (χ1v) is 14.0. The van der Waals surface area contributed by atoms with Crippen molar-refractivity contribution in [3.8, 4) is 16.8 Å². The Morgan fingerprint density at radius 1 is 0.487 bits per heavy atom. The predicted molar refractivity (Wildman–Crippen MR) is 166 cm³/mol. The van der Waals surface area contributed by atoms with Gasteiger partial charge in [0.05, 0.1) is 16.7 Å². The number of hydrogen-bond donors (Lipinski definition) is 0. The van der Waals surface area contributed by atoms with E-state index in [9.17, 15) is 0 Å². The highest BCUT2D eigenvalue weighted by molar-refractivity contribution is 7.25. The smallest absolute Gasteiger partial charge is 0.136 e. The lowest BCUT2D eigenvalue weighted by molar-refractivity contribution is 0.669. The summed E-state index contributed by atoms with van der Waals surface area (Å²) in [6.45, 7) is 0. The van der Waals surface area contributed by atoms with Crippen LogP contribution >= 0.6 is 11.3 Å². The highest BCUT2D eigenvalue weighted by Crippen LogP contribution is 2.43. The minimum Gasteiger partial charge on any atom is -0.456 e. The van der Waals surface area contributed by atoms with Crippen LogP contribution in [0, 0.1) is 0 Å². The largest absolute Gasteiger partial charge is 0.456 e. The van der Waals surface area contributed by atoms with Gasteiger partial charge < -0.3 is 8.98 Å². The fourth-order valence-electron chi connectivity index (χ4n) is 6.36. The van der Waals surface area contributed by atoms with Gasteiger partial charge in [-0.05, 0) is 59.7 Å². The number of aromatic nitrogens is 1. The van der Waals surface area contributed by atoms with Crippen LogP contribution in [0.25, 0.3) is 80.7 Å². The molecular weight excluding hydrogens is 494 g/mol. The summed E-state index contributed by atoms with van der Waals surface area (Å²) in [7, 11) is 0. The van der Waals surface area contributed by atoms with E-state index in [4.69, 9.17) is 4.42 Å². The van der Waals surface area contributed by atoms with Crippen molar-refractivity contribution in [2.24, 2.45) is 0 Å². The maximum absolute atomic E-state index is 6.21. The second-order valence-electron chi connectivity index (χ2n) is 10.1. The number of hydrogen-bond acceptors (Lipinski definition) is 2. The normalized spacial score (nSPS) is 12.1. The number of benzene rings is 6. The second-order valence-corrected chi connectivity index (χ2v) is 11.2. The van der Waals surface area contributed by atoms with Crippen LogP contribution in [-0.4, -0.2) is 4.57 Å². The summed E-state index contributed by atoms with van der Waals surface area (Å²) in [5.74, 6) is 0. The van der Waals surface area contributed by atoms with E-state index in [-0.39, 0.29) is 0 Å². The summed E-state index contributed by atoms with van der Waals surface area (Å²) < 4.78 is 11.2. The van der Waals surface area contributed by atoms with Gasteiger partial charge >= 0.3 is 0 Å². The Balaban J connectivity index is 1.38. The molecule has 0 saturated heterocycles. The zero-order valence-electron chi connectivity index (χ0n) is 20.9.